The predicted molar refractivity (Wildman–Crippen MR) is 43.4 cm³/mol. The summed E-state index contributed by atoms with van der Waals surface area (Å²) in [5, 5.41) is 3.29. The minimum atomic E-state index is 0.218. The quantitative estimate of drug-likeness (QED) is 0.654. The summed E-state index contributed by atoms with van der Waals surface area (Å²) >= 11 is 0. The van der Waals surface area contributed by atoms with E-state index in [0.717, 1.165) is 6.54 Å². The normalized spacial score (nSPS) is 31.6. The van der Waals surface area contributed by atoms with Crippen molar-refractivity contribution in [1.29, 1.82) is 0 Å². The van der Waals surface area contributed by atoms with Crippen molar-refractivity contribution in [2.24, 2.45) is 5.92 Å². The Bertz CT molecular complexity index is 117. The van der Waals surface area contributed by atoms with E-state index in [4.69, 9.17) is 9.47 Å². The van der Waals surface area contributed by atoms with Crippen LogP contribution in [0.2, 0.25) is 0 Å². The summed E-state index contributed by atoms with van der Waals surface area (Å²) in [6.45, 7) is 5.90. The van der Waals surface area contributed by atoms with Crippen LogP contribution in [0.25, 0.3) is 0 Å². The third-order valence-electron chi connectivity index (χ3n) is 1.84. The molecule has 0 saturated carbocycles. The highest BCUT2D eigenvalue weighted by Crippen LogP contribution is 2.12. The zero-order chi connectivity index (χ0) is 8.27. The summed E-state index contributed by atoms with van der Waals surface area (Å²) in [5.41, 5.74) is 0. The first-order chi connectivity index (χ1) is 5.24. The number of hydrogen-bond donors (Lipinski definition) is 1. The number of hydrogen-bond acceptors (Lipinski definition) is 3. The lowest BCUT2D eigenvalue weighted by Crippen LogP contribution is -2.27. The summed E-state index contributed by atoms with van der Waals surface area (Å²) in [7, 11) is 1.70. The van der Waals surface area contributed by atoms with Crippen LogP contribution in [-0.4, -0.2) is 32.6 Å². The molecule has 0 amide bonds. The van der Waals surface area contributed by atoms with E-state index in [1.165, 1.54) is 0 Å². The van der Waals surface area contributed by atoms with Gasteiger partial charge < -0.3 is 9.47 Å². The topological polar surface area (TPSA) is 30.5 Å². The van der Waals surface area contributed by atoms with Gasteiger partial charge in [-0.2, -0.15) is 0 Å². The molecule has 0 aromatic rings. The van der Waals surface area contributed by atoms with Crippen molar-refractivity contribution in [2.75, 3.05) is 20.3 Å². The lowest BCUT2D eigenvalue weighted by molar-refractivity contribution is -0.0196. The Morgan fingerprint density at radius 1 is 1.64 bits per heavy atom. The zero-order valence-electron chi connectivity index (χ0n) is 7.46. The van der Waals surface area contributed by atoms with E-state index < -0.39 is 0 Å². The van der Waals surface area contributed by atoms with Gasteiger partial charge in [-0.3, -0.25) is 5.32 Å². The molecule has 0 aromatic carbocycles. The van der Waals surface area contributed by atoms with Crippen LogP contribution >= 0.6 is 0 Å². The fraction of sp³-hybridized carbons (Fsp3) is 1.00. The van der Waals surface area contributed by atoms with Crippen LogP contribution in [0.3, 0.4) is 0 Å². The second-order valence-electron chi connectivity index (χ2n) is 3.29. The van der Waals surface area contributed by atoms with Gasteiger partial charge in [-0.15, -0.1) is 0 Å². The van der Waals surface area contributed by atoms with Crippen molar-refractivity contribution in [1.82, 2.24) is 5.32 Å². The number of ether oxygens (including phenoxy) is 2. The van der Waals surface area contributed by atoms with Gasteiger partial charge in [0.2, 0.25) is 0 Å². The third kappa shape index (κ3) is 2.43. The van der Waals surface area contributed by atoms with Crippen molar-refractivity contribution >= 4 is 0 Å². The molecule has 11 heavy (non-hydrogen) atoms. The first-order valence-electron chi connectivity index (χ1n) is 4.12. The Kier molecular flexibility index (Phi) is 3.30. The predicted octanol–water partition coefficient (Wildman–Crippen LogP) is 0.603. The van der Waals surface area contributed by atoms with Gasteiger partial charge in [-0.25, -0.2) is 0 Å². The number of methoxy groups -OCH3 is 1. The highest BCUT2D eigenvalue weighted by atomic mass is 16.6. The molecule has 1 aliphatic rings. The monoisotopic (exact) mass is 159 g/mol. The standard InChI is InChI=1S/C8H17NO2/c1-6(2)8-9-4-7(11-8)5-10-3/h6-9H,4-5H2,1-3H3. The molecule has 0 aliphatic carbocycles. The minimum absolute atomic E-state index is 0.218. The molecule has 0 spiro atoms. The van der Waals surface area contributed by atoms with E-state index in [0.29, 0.717) is 12.5 Å². The van der Waals surface area contributed by atoms with Crippen molar-refractivity contribution in [2.45, 2.75) is 26.2 Å². The number of nitrogens with one attached hydrogen (secondary N) is 1. The van der Waals surface area contributed by atoms with Crippen LogP contribution in [-0.2, 0) is 9.47 Å². The molecule has 3 nitrogen and oxygen atoms in total. The lowest BCUT2D eigenvalue weighted by atomic mass is 10.2. The average Bonchev–Trinajstić information content (AvgIpc) is 2.37. The second-order valence-corrected chi connectivity index (χ2v) is 3.29. The maximum absolute atomic E-state index is 5.63. The summed E-state index contributed by atoms with van der Waals surface area (Å²) in [6, 6.07) is 0. The Morgan fingerprint density at radius 2 is 2.36 bits per heavy atom. The van der Waals surface area contributed by atoms with Gasteiger partial charge in [-0.1, -0.05) is 13.8 Å². The van der Waals surface area contributed by atoms with E-state index in [-0.39, 0.29) is 12.3 Å². The zero-order valence-corrected chi connectivity index (χ0v) is 7.46. The SMILES string of the molecule is COCC1CNC(C(C)C)O1. The fourth-order valence-corrected chi connectivity index (χ4v) is 1.23. The van der Waals surface area contributed by atoms with Crippen molar-refractivity contribution in [3.05, 3.63) is 0 Å². The van der Waals surface area contributed by atoms with Gasteiger partial charge >= 0.3 is 0 Å². The molecular formula is C8H17NO2. The van der Waals surface area contributed by atoms with Crippen molar-refractivity contribution in [3.63, 3.8) is 0 Å². The van der Waals surface area contributed by atoms with Gasteiger partial charge in [0.1, 0.15) is 6.23 Å². The van der Waals surface area contributed by atoms with Crippen LogP contribution < -0.4 is 5.32 Å². The van der Waals surface area contributed by atoms with Gasteiger partial charge in [-0.05, 0) is 5.92 Å². The molecule has 1 saturated heterocycles. The number of rotatable bonds is 3. The maximum atomic E-state index is 5.63. The molecule has 66 valence electrons. The summed E-state index contributed by atoms with van der Waals surface area (Å²) in [4.78, 5) is 0. The second kappa shape index (κ2) is 4.04. The van der Waals surface area contributed by atoms with Crippen LogP contribution in [0.5, 0.6) is 0 Å². The maximum Gasteiger partial charge on any atom is 0.111 e. The first kappa shape index (κ1) is 8.97. The molecule has 1 fully saturated rings. The molecule has 3 heteroatoms. The molecule has 2 unspecified atom stereocenters. The van der Waals surface area contributed by atoms with Crippen molar-refractivity contribution in [3.8, 4) is 0 Å². The Morgan fingerprint density at radius 3 is 2.82 bits per heavy atom. The molecule has 1 aliphatic heterocycles. The minimum Gasteiger partial charge on any atom is -0.382 e. The molecule has 0 radical (unpaired) electrons. The first-order valence-corrected chi connectivity index (χ1v) is 4.12. The van der Waals surface area contributed by atoms with Gasteiger partial charge in [0.25, 0.3) is 0 Å². The average molecular weight is 159 g/mol. The summed E-state index contributed by atoms with van der Waals surface area (Å²) < 4.78 is 10.6. The van der Waals surface area contributed by atoms with Crippen LogP contribution in [0.4, 0.5) is 0 Å². The van der Waals surface area contributed by atoms with Gasteiger partial charge in [0.05, 0.1) is 12.7 Å². The lowest BCUT2D eigenvalue weighted by Gasteiger charge is -2.15. The molecule has 0 aromatic heterocycles. The molecule has 0 bridgehead atoms. The van der Waals surface area contributed by atoms with Crippen molar-refractivity contribution < 1.29 is 9.47 Å². The third-order valence-corrected chi connectivity index (χ3v) is 1.84. The molecule has 1 rings (SSSR count). The largest absolute Gasteiger partial charge is 0.382 e. The molecular weight excluding hydrogens is 142 g/mol. The van der Waals surface area contributed by atoms with Crippen LogP contribution in [0.1, 0.15) is 13.8 Å². The van der Waals surface area contributed by atoms with E-state index in [1.807, 2.05) is 0 Å². The summed E-state index contributed by atoms with van der Waals surface area (Å²) in [5.74, 6) is 0.539. The highest BCUT2D eigenvalue weighted by molar-refractivity contribution is 4.74. The van der Waals surface area contributed by atoms with Gasteiger partial charge in [0, 0.05) is 13.7 Å². The Labute approximate surface area is 68.1 Å². The van der Waals surface area contributed by atoms with Crippen LogP contribution in [0.15, 0.2) is 0 Å². The van der Waals surface area contributed by atoms with E-state index in [1.54, 1.807) is 7.11 Å². The molecule has 1 N–H and O–H groups in total. The van der Waals surface area contributed by atoms with Gasteiger partial charge in [0.15, 0.2) is 0 Å². The molecule has 2 atom stereocenters. The van der Waals surface area contributed by atoms with E-state index in [9.17, 15) is 0 Å². The Hall–Kier alpha value is -0.120. The Balaban J connectivity index is 2.23. The summed E-state index contributed by atoms with van der Waals surface area (Å²) in [6.07, 6.45) is 0.461. The van der Waals surface area contributed by atoms with E-state index in [2.05, 4.69) is 19.2 Å². The van der Waals surface area contributed by atoms with Crippen LogP contribution in [0, 0.1) is 5.92 Å². The molecule has 1 heterocycles. The fourth-order valence-electron chi connectivity index (χ4n) is 1.23. The van der Waals surface area contributed by atoms with E-state index >= 15 is 0 Å². The highest BCUT2D eigenvalue weighted by Gasteiger charge is 2.26. The smallest absolute Gasteiger partial charge is 0.111 e.